The lowest BCUT2D eigenvalue weighted by Gasteiger charge is -2.21. The Bertz CT molecular complexity index is 679. The lowest BCUT2D eigenvalue weighted by Crippen LogP contribution is -2.29. The van der Waals surface area contributed by atoms with Gasteiger partial charge in [0.15, 0.2) is 0 Å². The maximum absolute atomic E-state index is 12.7. The van der Waals surface area contributed by atoms with Crippen molar-refractivity contribution in [1.82, 2.24) is 14.5 Å². The van der Waals surface area contributed by atoms with Crippen molar-refractivity contribution in [3.63, 3.8) is 0 Å². The molecule has 0 aliphatic carbocycles. The Hall–Kier alpha value is -1.81. The molecule has 1 fully saturated rings. The Morgan fingerprint density at radius 2 is 2.26 bits per heavy atom. The molecule has 1 atom stereocenters. The molecule has 0 unspecified atom stereocenters. The van der Waals surface area contributed by atoms with Crippen LogP contribution in [0.3, 0.4) is 0 Å². The van der Waals surface area contributed by atoms with E-state index in [1.54, 1.807) is 12.4 Å². The third-order valence-electron chi connectivity index (χ3n) is 3.97. The van der Waals surface area contributed by atoms with Gasteiger partial charge in [-0.1, -0.05) is 11.6 Å². The maximum atomic E-state index is 12.7. The minimum absolute atomic E-state index is 0.0729. The molecule has 0 saturated carbocycles. The molecule has 19 heavy (non-hydrogen) atoms. The highest BCUT2D eigenvalue weighted by molar-refractivity contribution is 6.31. The van der Waals surface area contributed by atoms with E-state index < -0.39 is 0 Å². The zero-order valence-electron chi connectivity index (χ0n) is 10.2. The van der Waals surface area contributed by atoms with Crippen molar-refractivity contribution >= 4 is 17.5 Å². The third-order valence-corrected chi connectivity index (χ3v) is 4.21. The van der Waals surface area contributed by atoms with Crippen LogP contribution in [0.15, 0.2) is 30.7 Å². The molecule has 1 aromatic heterocycles. The SMILES string of the molecule is O=C1c2cc(Cl)ccc2-n2cncc2[C@@H]2CCCN12. The van der Waals surface area contributed by atoms with Crippen LogP contribution in [-0.2, 0) is 0 Å². The molecule has 96 valence electrons. The van der Waals surface area contributed by atoms with E-state index in [0.29, 0.717) is 10.6 Å². The highest BCUT2D eigenvalue weighted by Gasteiger charge is 2.36. The summed E-state index contributed by atoms with van der Waals surface area (Å²) in [5.74, 6) is 0.0729. The topological polar surface area (TPSA) is 38.1 Å². The Balaban J connectivity index is 2.03. The molecule has 2 aliphatic rings. The Morgan fingerprint density at radius 1 is 1.37 bits per heavy atom. The number of hydrogen-bond acceptors (Lipinski definition) is 2. The highest BCUT2D eigenvalue weighted by atomic mass is 35.5. The first-order valence-corrected chi connectivity index (χ1v) is 6.76. The van der Waals surface area contributed by atoms with Gasteiger partial charge >= 0.3 is 0 Å². The van der Waals surface area contributed by atoms with Gasteiger partial charge in [-0.3, -0.25) is 4.79 Å². The van der Waals surface area contributed by atoms with Gasteiger partial charge in [-0.2, -0.15) is 0 Å². The van der Waals surface area contributed by atoms with E-state index in [1.807, 2.05) is 27.8 Å². The van der Waals surface area contributed by atoms with Crippen molar-refractivity contribution in [1.29, 1.82) is 0 Å². The lowest BCUT2D eigenvalue weighted by molar-refractivity contribution is 0.0738. The van der Waals surface area contributed by atoms with Crippen molar-refractivity contribution in [3.05, 3.63) is 47.0 Å². The van der Waals surface area contributed by atoms with E-state index in [4.69, 9.17) is 11.6 Å². The number of rotatable bonds is 0. The number of carbonyl (C=O) groups is 1. The first-order valence-electron chi connectivity index (χ1n) is 6.39. The molecule has 1 aromatic carbocycles. The first-order chi connectivity index (χ1) is 9.25. The van der Waals surface area contributed by atoms with Gasteiger partial charge in [-0.05, 0) is 31.0 Å². The quantitative estimate of drug-likeness (QED) is 0.740. The summed E-state index contributed by atoms with van der Waals surface area (Å²) in [5, 5.41) is 0.589. The van der Waals surface area contributed by atoms with E-state index in [0.717, 1.165) is 30.8 Å². The number of nitrogens with zero attached hydrogens (tertiary/aromatic N) is 3. The molecule has 0 radical (unpaired) electrons. The van der Waals surface area contributed by atoms with Crippen LogP contribution >= 0.6 is 11.6 Å². The molecule has 0 spiro atoms. The zero-order valence-corrected chi connectivity index (χ0v) is 11.0. The molecular weight excluding hydrogens is 262 g/mol. The predicted octanol–water partition coefficient (Wildman–Crippen LogP) is 2.82. The summed E-state index contributed by atoms with van der Waals surface area (Å²) in [6.45, 7) is 0.806. The average molecular weight is 274 g/mol. The van der Waals surface area contributed by atoms with Crippen LogP contribution in [0.5, 0.6) is 0 Å². The molecule has 4 nitrogen and oxygen atoms in total. The van der Waals surface area contributed by atoms with E-state index >= 15 is 0 Å². The summed E-state index contributed by atoms with van der Waals surface area (Å²) >= 11 is 6.04. The Labute approximate surface area is 115 Å². The molecule has 0 bridgehead atoms. The van der Waals surface area contributed by atoms with Gasteiger partial charge in [-0.15, -0.1) is 0 Å². The number of imidazole rings is 1. The number of amides is 1. The molecule has 1 saturated heterocycles. The van der Waals surface area contributed by atoms with Crippen molar-refractivity contribution in [3.8, 4) is 5.69 Å². The molecule has 3 heterocycles. The smallest absolute Gasteiger partial charge is 0.256 e. The molecule has 0 N–H and O–H groups in total. The lowest BCUT2D eigenvalue weighted by atomic mass is 10.1. The minimum Gasteiger partial charge on any atom is -0.330 e. The monoisotopic (exact) mass is 273 g/mol. The van der Waals surface area contributed by atoms with Crippen LogP contribution in [0.25, 0.3) is 5.69 Å². The molecule has 5 heteroatoms. The summed E-state index contributed by atoms with van der Waals surface area (Å²) in [6, 6.07) is 5.60. The van der Waals surface area contributed by atoms with Gasteiger partial charge in [0.2, 0.25) is 0 Å². The van der Waals surface area contributed by atoms with Crippen molar-refractivity contribution in [2.45, 2.75) is 18.9 Å². The fraction of sp³-hybridized carbons (Fsp3) is 0.286. The van der Waals surface area contributed by atoms with Gasteiger partial charge in [0.05, 0.1) is 35.5 Å². The second-order valence-corrected chi connectivity index (χ2v) is 5.44. The fourth-order valence-corrected chi connectivity index (χ4v) is 3.29. The Kier molecular flexibility index (Phi) is 2.23. The normalized spacial score (nSPS) is 20.8. The molecule has 4 rings (SSSR count). The largest absolute Gasteiger partial charge is 0.330 e. The number of halogens is 1. The fourth-order valence-electron chi connectivity index (χ4n) is 3.11. The summed E-state index contributed by atoms with van der Waals surface area (Å²) in [6.07, 6.45) is 5.67. The van der Waals surface area contributed by atoms with E-state index in [1.165, 1.54) is 0 Å². The van der Waals surface area contributed by atoms with E-state index in [9.17, 15) is 4.79 Å². The van der Waals surface area contributed by atoms with Crippen LogP contribution in [0, 0.1) is 0 Å². The van der Waals surface area contributed by atoms with Crippen LogP contribution in [0.1, 0.15) is 34.9 Å². The van der Waals surface area contributed by atoms with Gasteiger partial charge in [0, 0.05) is 11.6 Å². The van der Waals surface area contributed by atoms with E-state index in [-0.39, 0.29) is 11.9 Å². The van der Waals surface area contributed by atoms with Gasteiger partial charge < -0.3 is 9.47 Å². The van der Waals surface area contributed by atoms with Crippen molar-refractivity contribution < 1.29 is 4.79 Å². The van der Waals surface area contributed by atoms with Gasteiger partial charge in [0.1, 0.15) is 0 Å². The van der Waals surface area contributed by atoms with Crippen LogP contribution in [0.2, 0.25) is 5.02 Å². The molecule has 2 aromatic rings. The number of fused-ring (bicyclic) bond motifs is 5. The van der Waals surface area contributed by atoms with E-state index in [2.05, 4.69) is 4.98 Å². The summed E-state index contributed by atoms with van der Waals surface area (Å²) < 4.78 is 2.01. The van der Waals surface area contributed by atoms with Crippen molar-refractivity contribution in [2.24, 2.45) is 0 Å². The molecule has 1 amide bonds. The first kappa shape index (κ1) is 11.1. The second kappa shape index (κ2) is 3.84. The zero-order chi connectivity index (χ0) is 13.0. The predicted molar refractivity (Wildman–Crippen MR) is 71.6 cm³/mol. The number of hydrogen-bond donors (Lipinski definition) is 0. The third kappa shape index (κ3) is 1.46. The molecule has 2 aliphatic heterocycles. The average Bonchev–Trinajstić information content (AvgIpc) is 3.04. The van der Waals surface area contributed by atoms with Crippen LogP contribution in [-0.4, -0.2) is 26.9 Å². The Morgan fingerprint density at radius 3 is 3.16 bits per heavy atom. The number of benzene rings is 1. The van der Waals surface area contributed by atoms with Crippen LogP contribution < -0.4 is 0 Å². The molecular formula is C14H12ClN3O. The summed E-state index contributed by atoms with van der Waals surface area (Å²) in [7, 11) is 0. The minimum atomic E-state index is 0.0729. The van der Waals surface area contributed by atoms with Crippen LogP contribution in [0.4, 0.5) is 0 Å². The van der Waals surface area contributed by atoms with Gasteiger partial charge in [-0.25, -0.2) is 4.98 Å². The number of carbonyl (C=O) groups excluding carboxylic acids is 1. The second-order valence-electron chi connectivity index (χ2n) is 5.01. The standard InChI is InChI=1S/C14H12ClN3O/c15-9-3-4-11-10(6-9)14(19)17-5-1-2-12(17)13-7-16-8-18(11)13/h3-4,6-8,12H,1-2,5H2/t12-/m0/s1. The maximum Gasteiger partial charge on any atom is 0.256 e. The summed E-state index contributed by atoms with van der Waals surface area (Å²) in [4.78, 5) is 18.9. The van der Waals surface area contributed by atoms with Gasteiger partial charge in [0.25, 0.3) is 5.91 Å². The summed E-state index contributed by atoms with van der Waals surface area (Å²) in [5.41, 5.74) is 2.62. The van der Waals surface area contributed by atoms with Crippen molar-refractivity contribution in [2.75, 3.05) is 6.54 Å². The number of aromatic nitrogens is 2. The highest BCUT2D eigenvalue weighted by Crippen LogP contribution is 2.38.